The predicted octanol–water partition coefficient (Wildman–Crippen LogP) is 2.77. The number of likely N-dealkylation sites (tertiary alicyclic amines) is 1. The summed E-state index contributed by atoms with van der Waals surface area (Å²) < 4.78 is 0. The second-order valence-corrected chi connectivity index (χ2v) is 5.71. The zero-order valence-corrected chi connectivity index (χ0v) is 11.2. The number of nitrogens with one attached hydrogen (secondary N) is 1. The first-order chi connectivity index (χ1) is 8.78. The van der Waals surface area contributed by atoms with Gasteiger partial charge < -0.3 is 9.88 Å². The molecule has 0 aromatic carbocycles. The number of hydrogen-bond acceptors (Lipinski definition) is 1. The molecular weight excluding hydrogens is 224 g/mol. The van der Waals surface area contributed by atoms with E-state index in [0.29, 0.717) is 5.92 Å². The minimum atomic E-state index is 0.209. The molecule has 1 amide bonds. The lowest BCUT2D eigenvalue weighted by Crippen LogP contribution is -2.28. The molecule has 3 rings (SSSR count). The largest absolute Gasteiger partial charge is 0.354 e. The molecular formula is C15H22N2O. The zero-order valence-electron chi connectivity index (χ0n) is 11.2. The topological polar surface area (TPSA) is 36.1 Å². The third-order valence-electron chi connectivity index (χ3n) is 4.50. The Labute approximate surface area is 109 Å². The monoisotopic (exact) mass is 246 g/mol. The molecule has 1 unspecified atom stereocenters. The molecule has 98 valence electrons. The number of aromatic nitrogens is 1. The van der Waals surface area contributed by atoms with E-state index in [1.807, 2.05) is 4.90 Å². The minimum Gasteiger partial charge on any atom is -0.354 e. The van der Waals surface area contributed by atoms with E-state index >= 15 is 0 Å². The van der Waals surface area contributed by atoms with Gasteiger partial charge in [-0.15, -0.1) is 0 Å². The van der Waals surface area contributed by atoms with Crippen molar-refractivity contribution in [2.45, 2.75) is 45.4 Å². The maximum atomic E-state index is 12.4. The second-order valence-electron chi connectivity index (χ2n) is 5.71. The molecule has 0 bridgehead atoms. The van der Waals surface area contributed by atoms with Crippen LogP contribution < -0.4 is 0 Å². The van der Waals surface area contributed by atoms with Gasteiger partial charge in [-0.2, -0.15) is 0 Å². The molecule has 2 aliphatic rings. The fraction of sp³-hybridized carbons (Fsp3) is 0.667. The lowest BCUT2D eigenvalue weighted by molar-refractivity contribution is 0.0781. The van der Waals surface area contributed by atoms with E-state index in [1.54, 1.807) is 0 Å². The van der Waals surface area contributed by atoms with Crippen LogP contribution in [0.1, 0.15) is 54.4 Å². The van der Waals surface area contributed by atoms with E-state index in [4.69, 9.17) is 0 Å². The van der Waals surface area contributed by atoms with Gasteiger partial charge in [0.15, 0.2) is 0 Å². The van der Waals surface area contributed by atoms with E-state index in [1.165, 1.54) is 36.9 Å². The fourth-order valence-electron chi connectivity index (χ4n) is 3.24. The van der Waals surface area contributed by atoms with Gasteiger partial charge in [0.1, 0.15) is 5.69 Å². The van der Waals surface area contributed by atoms with E-state index < -0.39 is 0 Å². The molecule has 0 saturated carbocycles. The van der Waals surface area contributed by atoms with Gasteiger partial charge in [-0.25, -0.2) is 0 Å². The Bertz CT molecular complexity index is 426. The van der Waals surface area contributed by atoms with Gasteiger partial charge >= 0.3 is 0 Å². The molecule has 1 aromatic heterocycles. The van der Waals surface area contributed by atoms with Gasteiger partial charge in [0.2, 0.25) is 0 Å². The van der Waals surface area contributed by atoms with Crippen LogP contribution in [0, 0.1) is 5.92 Å². The molecule has 3 heteroatoms. The van der Waals surface area contributed by atoms with Crippen LogP contribution in [0.4, 0.5) is 0 Å². The highest BCUT2D eigenvalue weighted by Crippen LogP contribution is 2.25. The van der Waals surface area contributed by atoms with Crippen molar-refractivity contribution < 1.29 is 4.79 Å². The summed E-state index contributed by atoms with van der Waals surface area (Å²) in [6.07, 6.45) is 7.12. The van der Waals surface area contributed by atoms with Gasteiger partial charge in [-0.05, 0) is 49.7 Å². The van der Waals surface area contributed by atoms with Crippen LogP contribution in [0.25, 0.3) is 0 Å². The molecule has 1 atom stereocenters. The molecule has 2 heterocycles. The Balaban J connectivity index is 1.74. The lowest BCUT2D eigenvalue weighted by Gasteiger charge is -2.15. The first-order valence-electron chi connectivity index (χ1n) is 7.28. The highest BCUT2D eigenvalue weighted by Gasteiger charge is 2.27. The standard InChI is InChI=1S/C15H22N2O/c1-2-11-7-8-17(10-11)15(18)14-9-12-5-3-4-6-13(12)16-14/h9,11,16H,2-8,10H2,1H3. The lowest BCUT2D eigenvalue weighted by atomic mass is 9.98. The van der Waals surface area contributed by atoms with E-state index in [2.05, 4.69) is 18.0 Å². The van der Waals surface area contributed by atoms with Crippen LogP contribution in [0.5, 0.6) is 0 Å². The molecule has 3 nitrogen and oxygen atoms in total. The highest BCUT2D eigenvalue weighted by atomic mass is 16.2. The number of aromatic amines is 1. The van der Waals surface area contributed by atoms with Crippen molar-refractivity contribution in [3.05, 3.63) is 23.0 Å². The number of H-pyrrole nitrogens is 1. The molecule has 1 saturated heterocycles. The number of fused-ring (bicyclic) bond motifs is 1. The van der Waals surface area contributed by atoms with Crippen molar-refractivity contribution in [3.8, 4) is 0 Å². The number of aryl methyl sites for hydroxylation is 2. The minimum absolute atomic E-state index is 0.209. The Hall–Kier alpha value is -1.25. The number of amides is 1. The van der Waals surface area contributed by atoms with Crippen LogP contribution in [-0.4, -0.2) is 28.9 Å². The normalized spacial score (nSPS) is 23.2. The van der Waals surface area contributed by atoms with E-state index in [9.17, 15) is 4.79 Å². The highest BCUT2D eigenvalue weighted by molar-refractivity contribution is 5.93. The van der Waals surface area contributed by atoms with Crippen LogP contribution in [0.15, 0.2) is 6.07 Å². The number of carbonyl (C=O) groups is 1. The van der Waals surface area contributed by atoms with E-state index in [0.717, 1.165) is 31.6 Å². The zero-order chi connectivity index (χ0) is 12.5. The smallest absolute Gasteiger partial charge is 0.270 e. The average molecular weight is 246 g/mol. The molecule has 1 aliphatic carbocycles. The maximum Gasteiger partial charge on any atom is 0.270 e. The van der Waals surface area contributed by atoms with Crippen LogP contribution in [-0.2, 0) is 12.8 Å². The first kappa shape index (κ1) is 11.8. The summed E-state index contributed by atoms with van der Waals surface area (Å²) in [7, 11) is 0. The first-order valence-corrected chi connectivity index (χ1v) is 7.28. The Kier molecular flexibility index (Phi) is 3.14. The van der Waals surface area contributed by atoms with Crippen LogP contribution in [0.3, 0.4) is 0 Å². The summed E-state index contributed by atoms with van der Waals surface area (Å²) in [6, 6.07) is 2.09. The Morgan fingerprint density at radius 1 is 1.44 bits per heavy atom. The molecule has 1 N–H and O–H groups in total. The summed E-state index contributed by atoms with van der Waals surface area (Å²) in [4.78, 5) is 17.8. The molecule has 1 aromatic rings. The third kappa shape index (κ3) is 2.06. The maximum absolute atomic E-state index is 12.4. The van der Waals surface area contributed by atoms with Gasteiger partial charge in [0.25, 0.3) is 5.91 Å². The quantitative estimate of drug-likeness (QED) is 0.855. The summed E-state index contributed by atoms with van der Waals surface area (Å²) in [5.41, 5.74) is 3.49. The number of carbonyl (C=O) groups excluding carboxylic acids is 1. The summed E-state index contributed by atoms with van der Waals surface area (Å²) in [5.74, 6) is 0.916. The third-order valence-corrected chi connectivity index (χ3v) is 4.50. The van der Waals surface area contributed by atoms with Gasteiger partial charge in [-0.3, -0.25) is 4.79 Å². The van der Waals surface area contributed by atoms with Crippen LogP contribution in [0.2, 0.25) is 0 Å². The predicted molar refractivity (Wildman–Crippen MR) is 71.7 cm³/mol. The number of nitrogens with zero attached hydrogens (tertiary/aromatic N) is 1. The second kappa shape index (κ2) is 4.79. The SMILES string of the molecule is CCC1CCN(C(=O)c2cc3c([nH]2)CCCC3)C1. The average Bonchev–Trinajstić information content (AvgIpc) is 3.04. The van der Waals surface area contributed by atoms with Crippen LogP contribution >= 0.6 is 0 Å². The van der Waals surface area contributed by atoms with E-state index in [-0.39, 0.29) is 5.91 Å². The molecule has 1 aliphatic heterocycles. The van der Waals surface area contributed by atoms with Crippen molar-refractivity contribution in [2.24, 2.45) is 5.92 Å². The number of rotatable bonds is 2. The Morgan fingerprint density at radius 2 is 2.28 bits per heavy atom. The molecule has 18 heavy (non-hydrogen) atoms. The van der Waals surface area contributed by atoms with Crippen molar-refractivity contribution in [1.29, 1.82) is 0 Å². The summed E-state index contributed by atoms with van der Waals surface area (Å²) >= 11 is 0. The van der Waals surface area contributed by atoms with Gasteiger partial charge in [-0.1, -0.05) is 13.3 Å². The van der Waals surface area contributed by atoms with Crippen molar-refractivity contribution in [2.75, 3.05) is 13.1 Å². The van der Waals surface area contributed by atoms with Crippen molar-refractivity contribution >= 4 is 5.91 Å². The summed E-state index contributed by atoms with van der Waals surface area (Å²) in [6.45, 7) is 4.09. The van der Waals surface area contributed by atoms with Gasteiger partial charge in [0.05, 0.1) is 0 Å². The number of hydrogen-bond donors (Lipinski definition) is 1. The summed E-state index contributed by atoms with van der Waals surface area (Å²) in [5, 5.41) is 0. The van der Waals surface area contributed by atoms with Crippen molar-refractivity contribution in [3.63, 3.8) is 0 Å². The molecule has 0 spiro atoms. The molecule has 0 radical (unpaired) electrons. The fourth-order valence-corrected chi connectivity index (χ4v) is 3.24. The Morgan fingerprint density at radius 3 is 3.00 bits per heavy atom. The van der Waals surface area contributed by atoms with Crippen molar-refractivity contribution in [1.82, 2.24) is 9.88 Å². The molecule has 1 fully saturated rings. The van der Waals surface area contributed by atoms with Gasteiger partial charge in [0, 0.05) is 18.8 Å².